The third-order valence-corrected chi connectivity index (χ3v) is 3.02. The highest BCUT2D eigenvalue weighted by Gasteiger charge is 2.27. The predicted molar refractivity (Wildman–Crippen MR) is 53.5 cm³/mol. The highest BCUT2D eigenvalue weighted by atomic mass is 35.5. The summed E-state index contributed by atoms with van der Waals surface area (Å²) in [6.45, 7) is 0. The number of halogens is 1. The van der Waals surface area contributed by atoms with Crippen LogP contribution in [0.15, 0.2) is 22.8 Å². The Morgan fingerprint density at radius 3 is 3.00 bits per heavy atom. The summed E-state index contributed by atoms with van der Waals surface area (Å²) >= 11 is 6.04. The van der Waals surface area contributed by atoms with Gasteiger partial charge in [0.1, 0.15) is 0 Å². The minimum Gasteiger partial charge on any atom is -0.459 e. The molecule has 1 aromatic heterocycles. The van der Waals surface area contributed by atoms with Crippen molar-refractivity contribution in [3.63, 3.8) is 0 Å². The molecule has 0 spiro atoms. The second kappa shape index (κ2) is 4.05. The number of alkyl halides is 1. The maximum atomic E-state index is 11.5. The van der Waals surface area contributed by atoms with Crippen molar-refractivity contribution in [3.05, 3.63) is 24.2 Å². The molecule has 0 radical (unpaired) electrons. The average Bonchev–Trinajstić information content (AvgIpc) is 2.77. The lowest BCUT2D eigenvalue weighted by Gasteiger charge is -2.14. The van der Waals surface area contributed by atoms with Gasteiger partial charge in [-0.3, -0.25) is 4.79 Å². The van der Waals surface area contributed by atoms with Gasteiger partial charge in [0.25, 0.3) is 5.91 Å². The van der Waals surface area contributed by atoms with Gasteiger partial charge in [-0.1, -0.05) is 0 Å². The first-order chi connectivity index (χ1) is 6.77. The molecule has 0 bridgehead atoms. The van der Waals surface area contributed by atoms with Gasteiger partial charge in [0.2, 0.25) is 0 Å². The average molecular weight is 214 g/mol. The van der Waals surface area contributed by atoms with E-state index in [0.717, 1.165) is 19.3 Å². The number of nitrogens with one attached hydrogen (secondary N) is 1. The van der Waals surface area contributed by atoms with Crippen LogP contribution in [-0.4, -0.2) is 17.3 Å². The van der Waals surface area contributed by atoms with Gasteiger partial charge in [0.05, 0.1) is 11.6 Å². The Hall–Kier alpha value is -0.960. The predicted octanol–water partition coefficient (Wildman–Crippen LogP) is 2.17. The summed E-state index contributed by atoms with van der Waals surface area (Å²) in [6, 6.07) is 3.43. The molecule has 1 heterocycles. The number of carbonyl (C=O) groups is 1. The van der Waals surface area contributed by atoms with E-state index in [1.54, 1.807) is 12.1 Å². The zero-order chi connectivity index (χ0) is 9.97. The van der Waals surface area contributed by atoms with Crippen LogP contribution in [0, 0.1) is 0 Å². The molecule has 2 atom stereocenters. The summed E-state index contributed by atoms with van der Waals surface area (Å²) in [5.74, 6) is 0.174. The van der Waals surface area contributed by atoms with Gasteiger partial charge in [0.15, 0.2) is 5.76 Å². The molecule has 1 amide bonds. The Morgan fingerprint density at radius 1 is 1.57 bits per heavy atom. The standard InChI is InChI=1S/C10H12ClNO2/c11-7-3-1-4-8(7)12-10(13)9-5-2-6-14-9/h2,5-8H,1,3-4H2,(H,12,13). The third kappa shape index (κ3) is 1.93. The topological polar surface area (TPSA) is 42.2 Å². The first kappa shape index (κ1) is 9.59. The Kier molecular flexibility index (Phi) is 2.77. The van der Waals surface area contributed by atoms with E-state index in [9.17, 15) is 4.79 Å². The normalized spacial score (nSPS) is 26.4. The van der Waals surface area contributed by atoms with Crippen molar-refractivity contribution in [2.24, 2.45) is 0 Å². The Morgan fingerprint density at radius 2 is 2.43 bits per heavy atom. The number of amides is 1. The first-order valence-electron chi connectivity index (χ1n) is 4.76. The van der Waals surface area contributed by atoms with Crippen LogP contribution in [0.3, 0.4) is 0 Å². The van der Waals surface area contributed by atoms with E-state index in [2.05, 4.69) is 5.32 Å². The molecule has 1 aliphatic rings. The van der Waals surface area contributed by atoms with Crippen LogP contribution in [0.2, 0.25) is 0 Å². The maximum absolute atomic E-state index is 11.5. The Balaban J connectivity index is 1.95. The summed E-state index contributed by atoms with van der Waals surface area (Å²) in [5, 5.41) is 2.93. The Labute approximate surface area is 87.4 Å². The van der Waals surface area contributed by atoms with Crippen molar-refractivity contribution in [3.8, 4) is 0 Å². The molecular formula is C10H12ClNO2. The second-order valence-electron chi connectivity index (χ2n) is 3.50. The quantitative estimate of drug-likeness (QED) is 0.766. The molecule has 2 unspecified atom stereocenters. The molecule has 0 aromatic carbocycles. The van der Waals surface area contributed by atoms with E-state index in [1.165, 1.54) is 6.26 Å². The van der Waals surface area contributed by atoms with Crippen molar-refractivity contribution < 1.29 is 9.21 Å². The highest BCUT2D eigenvalue weighted by Crippen LogP contribution is 2.24. The summed E-state index contributed by atoms with van der Waals surface area (Å²) < 4.78 is 4.99. The van der Waals surface area contributed by atoms with Crippen LogP contribution in [0.5, 0.6) is 0 Å². The van der Waals surface area contributed by atoms with Gasteiger partial charge in [-0.05, 0) is 31.4 Å². The van der Waals surface area contributed by atoms with Gasteiger partial charge in [-0.15, -0.1) is 11.6 Å². The largest absolute Gasteiger partial charge is 0.459 e. The second-order valence-corrected chi connectivity index (χ2v) is 4.06. The van der Waals surface area contributed by atoms with Crippen molar-refractivity contribution in [1.82, 2.24) is 5.32 Å². The fourth-order valence-corrected chi connectivity index (χ4v) is 2.07. The van der Waals surface area contributed by atoms with Gasteiger partial charge in [-0.25, -0.2) is 0 Å². The molecular weight excluding hydrogens is 202 g/mol. The van der Waals surface area contributed by atoms with E-state index in [4.69, 9.17) is 16.0 Å². The molecule has 76 valence electrons. The van der Waals surface area contributed by atoms with Crippen molar-refractivity contribution >= 4 is 17.5 Å². The van der Waals surface area contributed by atoms with Crippen molar-refractivity contribution in [2.45, 2.75) is 30.7 Å². The van der Waals surface area contributed by atoms with Gasteiger partial charge in [-0.2, -0.15) is 0 Å². The SMILES string of the molecule is O=C(NC1CCCC1Cl)c1ccco1. The molecule has 3 nitrogen and oxygen atoms in total. The van der Waals surface area contributed by atoms with E-state index in [1.807, 2.05) is 0 Å². The molecule has 1 fully saturated rings. The number of carbonyl (C=O) groups excluding carboxylic acids is 1. The summed E-state index contributed by atoms with van der Waals surface area (Å²) in [4.78, 5) is 11.5. The third-order valence-electron chi connectivity index (χ3n) is 2.49. The fraction of sp³-hybridized carbons (Fsp3) is 0.500. The summed E-state index contributed by atoms with van der Waals surface area (Å²) in [7, 11) is 0. The van der Waals surface area contributed by atoms with Crippen LogP contribution in [0.1, 0.15) is 29.8 Å². The molecule has 0 aliphatic heterocycles. The van der Waals surface area contributed by atoms with E-state index in [-0.39, 0.29) is 17.3 Å². The van der Waals surface area contributed by atoms with E-state index in [0.29, 0.717) is 5.76 Å². The van der Waals surface area contributed by atoms with Crippen LogP contribution < -0.4 is 5.32 Å². The minimum atomic E-state index is -0.174. The van der Waals surface area contributed by atoms with Crippen LogP contribution in [0.25, 0.3) is 0 Å². The first-order valence-corrected chi connectivity index (χ1v) is 5.19. The number of rotatable bonds is 2. The van der Waals surface area contributed by atoms with Crippen LogP contribution in [-0.2, 0) is 0 Å². The highest BCUT2D eigenvalue weighted by molar-refractivity contribution is 6.21. The number of hydrogen-bond acceptors (Lipinski definition) is 2. The molecule has 1 saturated carbocycles. The van der Waals surface area contributed by atoms with Crippen LogP contribution in [0.4, 0.5) is 0 Å². The molecule has 14 heavy (non-hydrogen) atoms. The molecule has 1 aromatic rings. The monoisotopic (exact) mass is 213 g/mol. The lowest BCUT2D eigenvalue weighted by atomic mass is 10.2. The zero-order valence-corrected chi connectivity index (χ0v) is 8.46. The van der Waals surface area contributed by atoms with Crippen molar-refractivity contribution in [2.75, 3.05) is 0 Å². The molecule has 1 N–H and O–H groups in total. The molecule has 0 saturated heterocycles. The van der Waals surface area contributed by atoms with Gasteiger partial charge in [0, 0.05) is 6.04 Å². The van der Waals surface area contributed by atoms with Crippen LogP contribution >= 0.6 is 11.6 Å². The molecule has 1 aliphatic carbocycles. The van der Waals surface area contributed by atoms with E-state index < -0.39 is 0 Å². The summed E-state index contributed by atoms with van der Waals surface area (Å²) in [5.41, 5.74) is 0. The Bertz CT molecular complexity index is 310. The summed E-state index contributed by atoms with van der Waals surface area (Å²) in [6.07, 6.45) is 4.50. The molecule has 2 rings (SSSR count). The fourth-order valence-electron chi connectivity index (χ4n) is 1.72. The minimum absolute atomic E-state index is 0.0638. The molecule has 4 heteroatoms. The maximum Gasteiger partial charge on any atom is 0.287 e. The van der Waals surface area contributed by atoms with Gasteiger partial charge >= 0.3 is 0 Å². The number of furan rings is 1. The van der Waals surface area contributed by atoms with Gasteiger partial charge < -0.3 is 9.73 Å². The zero-order valence-electron chi connectivity index (χ0n) is 7.70. The lowest BCUT2D eigenvalue weighted by Crippen LogP contribution is -2.37. The lowest BCUT2D eigenvalue weighted by molar-refractivity contribution is 0.0910. The number of hydrogen-bond donors (Lipinski definition) is 1. The van der Waals surface area contributed by atoms with E-state index >= 15 is 0 Å². The smallest absolute Gasteiger partial charge is 0.287 e. The van der Waals surface area contributed by atoms with Crippen molar-refractivity contribution in [1.29, 1.82) is 0 Å².